The fourth-order valence-corrected chi connectivity index (χ4v) is 4.59. The van der Waals surface area contributed by atoms with Gasteiger partial charge in [-0.2, -0.15) is 0 Å². The van der Waals surface area contributed by atoms with Crippen molar-refractivity contribution in [2.24, 2.45) is 0 Å². The molecule has 1 fully saturated rings. The van der Waals surface area contributed by atoms with E-state index in [0.29, 0.717) is 19.8 Å². The summed E-state index contributed by atoms with van der Waals surface area (Å²) >= 11 is 0. The van der Waals surface area contributed by atoms with Crippen LogP contribution >= 0.6 is 0 Å². The van der Waals surface area contributed by atoms with E-state index in [-0.39, 0.29) is 11.8 Å². The molecule has 2 atom stereocenters. The fraction of sp³-hybridized carbons (Fsp3) is 0.833. The number of hydrogen-bond donors (Lipinski definition) is 0. The molecule has 17 heavy (non-hydrogen) atoms. The Balaban J connectivity index is 2.62. The van der Waals surface area contributed by atoms with Gasteiger partial charge in [-0.1, -0.05) is 6.92 Å². The number of rotatable bonds is 10. The predicted octanol–water partition coefficient (Wildman–Crippen LogP) is 1.96. The summed E-state index contributed by atoms with van der Waals surface area (Å²) in [4.78, 5) is 0. The quantitative estimate of drug-likeness (QED) is 0.445. The minimum absolute atomic E-state index is 0.0101. The summed E-state index contributed by atoms with van der Waals surface area (Å²) in [6.45, 7) is 12.6. The van der Waals surface area contributed by atoms with Gasteiger partial charge in [0.15, 0.2) is 0 Å². The summed E-state index contributed by atoms with van der Waals surface area (Å²) < 4.78 is 22.8. The minimum atomic E-state index is -2.45. The maximum absolute atomic E-state index is 5.89. The van der Waals surface area contributed by atoms with E-state index in [4.69, 9.17) is 18.3 Å². The van der Waals surface area contributed by atoms with Crippen molar-refractivity contribution >= 4 is 8.56 Å². The normalized spacial score (nSPS) is 21.2. The zero-order valence-electron chi connectivity index (χ0n) is 11.1. The predicted molar refractivity (Wildman–Crippen MR) is 69.0 cm³/mol. The van der Waals surface area contributed by atoms with Gasteiger partial charge in [0, 0.05) is 13.2 Å². The van der Waals surface area contributed by atoms with Crippen LogP contribution < -0.4 is 0 Å². The van der Waals surface area contributed by atoms with Gasteiger partial charge in [0.25, 0.3) is 0 Å². The Morgan fingerprint density at radius 3 is 2.29 bits per heavy atom. The van der Waals surface area contributed by atoms with E-state index in [1.165, 1.54) is 0 Å². The molecule has 0 bridgehead atoms. The van der Waals surface area contributed by atoms with Crippen LogP contribution in [0.25, 0.3) is 0 Å². The van der Waals surface area contributed by atoms with Crippen LogP contribution in [0, 0.1) is 0 Å². The fourth-order valence-electron chi connectivity index (χ4n) is 1.83. The third-order valence-electron chi connectivity index (χ3n) is 2.73. The van der Waals surface area contributed by atoms with Crippen molar-refractivity contribution in [2.45, 2.75) is 39.0 Å². The van der Waals surface area contributed by atoms with Gasteiger partial charge in [-0.25, -0.2) is 0 Å². The van der Waals surface area contributed by atoms with Gasteiger partial charge in [0.05, 0.1) is 13.2 Å². The van der Waals surface area contributed by atoms with E-state index in [9.17, 15) is 0 Å². The SMILES string of the molecule is C=C[Si](OCC)(OCC)C(CC)OCC1CO1. The third-order valence-corrected chi connectivity index (χ3v) is 6.25. The molecule has 0 saturated carbocycles. The second kappa shape index (κ2) is 7.28. The molecular formula is C12H24O4Si. The van der Waals surface area contributed by atoms with Gasteiger partial charge in [-0.15, -0.1) is 6.58 Å². The number of ether oxygens (including phenoxy) is 2. The molecule has 1 heterocycles. The Labute approximate surface area is 105 Å². The molecule has 1 saturated heterocycles. The lowest BCUT2D eigenvalue weighted by Gasteiger charge is -2.33. The van der Waals surface area contributed by atoms with E-state index >= 15 is 0 Å². The van der Waals surface area contributed by atoms with Crippen molar-refractivity contribution in [3.05, 3.63) is 12.3 Å². The Hall–Kier alpha value is -0.203. The molecule has 2 unspecified atom stereocenters. The van der Waals surface area contributed by atoms with Crippen LogP contribution in [-0.4, -0.2) is 46.8 Å². The van der Waals surface area contributed by atoms with Gasteiger partial charge in [-0.05, 0) is 26.0 Å². The molecule has 4 nitrogen and oxygen atoms in total. The van der Waals surface area contributed by atoms with Gasteiger partial charge >= 0.3 is 8.56 Å². The molecule has 0 aromatic rings. The molecule has 0 aliphatic carbocycles. The zero-order valence-corrected chi connectivity index (χ0v) is 12.1. The molecule has 0 N–H and O–H groups in total. The molecule has 1 rings (SSSR count). The first kappa shape index (κ1) is 14.9. The standard InChI is InChI=1S/C12H24O4Si/c1-5-12(14-10-11-9-13-11)17(8-4,15-6-2)16-7-3/h8,11-12H,4-7,9-10H2,1-3H3. The van der Waals surface area contributed by atoms with Crippen molar-refractivity contribution in [1.82, 2.24) is 0 Å². The summed E-state index contributed by atoms with van der Waals surface area (Å²) in [5.74, 6) is 0. The Bertz CT molecular complexity index is 225. The first-order valence-corrected chi connectivity index (χ1v) is 8.34. The van der Waals surface area contributed by atoms with Crippen molar-refractivity contribution in [3.8, 4) is 0 Å². The molecule has 100 valence electrons. The average Bonchev–Trinajstić information content (AvgIpc) is 3.14. The molecular weight excluding hydrogens is 236 g/mol. The van der Waals surface area contributed by atoms with Crippen molar-refractivity contribution in [2.75, 3.05) is 26.4 Å². The van der Waals surface area contributed by atoms with E-state index < -0.39 is 8.56 Å². The second-order valence-electron chi connectivity index (χ2n) is 3.98. The maximum Gasteiger partial charge on any atom is 0.394 e. The number of hydrogen-bond acceptors (Lipinski definition) is 4. The first-order valence-electron chi connectivity index (χ1n) is 6.37. The zero-order chi connectivity index (χ0) is 12.7. The Morgan fingerprint density at radius 2 is 1.94 bits per heavy atom. The van der Waals surface area contributed by atoms with Gasteiger partial charge in [-0.3, -0.25) is 0 Å². The minimum Gasteiger partial charge on any atom is -0.390 e. The highest BCUT2D eigenvalue weighted by Crippen LogP contribution is 2.22. The van der Waals surface area contributed by atoms with E-state index in [2.05, 4.69) is 13.5 Å². The highest BCUT2D eigenvalue weighted by molar-refractivity contribution is 6.73. The average molecular weight is 260 g/mol. The molecule has 0 radical (unpaired) electrons. The number of epoxide rings is 1. The molecule has 1 aliphatic rings. The third kappa shape index (κ3) is 4.19. The largest absolute Gasteiger partial charge is 0.394 e. The van der Waals surface area contributed by atoms with Crippen LogP contribution in [-0.2, 0) is 18.3 Å². The second-order valence-corrected chi connectivity index (χ2v) is 7.05. The van der Waals surface area contributed by atoms with Crippen LogP contribution in [0.1, 0.15) is 27.2 Å². The molecule has 0 aromatic heterocycles. The van der Waals surface area contributed by atoms with Crippen molar-refractivity contribution < 1.29 is 18.3 Å². The summed E-state index contributed by atoms with van der Waals surface area (Å²) in [6.07, 6.45) is 1.13. The maximum atomic E-state index is 5.89. The monoisotopic (exact) mass is 260 g/mol. The summed E-state index contributed by atoms with van der Waals surface area (Å²) in [6, 6.07) is 0. The first-order chi connectivity index (χ1) is 8.22. The van der Waals surface area contributed by atoms with Crippen LogP contribution in [0.15, 0.2) is 12.3 Å². The van der Waals surface area contributed by atoms with Crippen LogP contribution in [0.3, 0.4) is 0 Å². The summed E-state index contributed by atoms with van der Waals surface area (Å²) in [7, 11) is -2.45. The molecule has 5 heteroatoms. The van der Waals surface area contributed by atoms with Gasteiger partial charge in [0.1, 0.15) is 11.8 Å². The lowest BCUT2D eigenvalue weighted by Crippen LogP contribution is -2.53. The molecule has 0 aromatic carbocycles. The Morgan fingerprint density at radius 1 is 1.35 bits per heavy atom. The van der Waals surface area contributed by atoms with Crippen LogP contribution in [0.2, 0.25) is 0 Å². The topological polar surface area (TPSA) is 40.2 Å². The summed E-state index contributed by atoms with van der Waals surface area (Å²) in [5, 5.41) is 0. The van der Waals surface area contributed by atoms with E-state index in [0.717, 1.165) is 13.0 Å². The smallest absolute Gasteiger partial charge is 0.390 e. The highest BCUT2D eigenvalue weighted by atomic mass is 28.4. The van der Waals surface area contributed by atoms with Crippen LogP contribution in [0.5, 0.6) is 0 Å². The van der Waals surface area contributed by atoms with E-state index in [1.807, 2.05) is 19.5 Å². The Kier molecular flexibility index (Phi) is 6.36. The van der Waals surface area contributed by atoms with Gasteiger partial charge < -0.3 is 18.3 Å². The summed E-state index contributed by atoms with van der Waals surface area (Å²) in [5.41, 5.74) is 1.83. The van der Waals surface area contributed by atoms with Gasteiger partial charge in [0.2, 0.25) is 0 Å². The molecule has 1 aliphatic heterocycles. The molecule has 0 amide bonds. The lowest BCUT2D eigenvalue weighted by molar-refractivity contribution is 0.0415. The van der Waals surface area contributed by atoms with E-state index in [1.54, 1.807) is 0 Å². The van der Waals surface area contributed by atoms with Crippen molar-refractivity contribution in [1.29, 1.82) is 0 Å². The highest BCUT2D eigenvalue weighted by Gasteiger charge is 2.44. The lowest BCUT2D eigenvalue weighted by atomic mass is 10.5. The molecule has 0 spiro atoms. The van der Waals surface area contributed by atoms with Crippen molar-refractivity contribution in [3.63, 3.8) is 0 Å². The van der Waals surface area contributed by atoms with Crippen LogP contribution in [0.4, 0.5) is 0 Å².